The minimum absolute atomic E-state index is 0.177. The van der Waals surface area contributed by atoms with E-state index in [0.717, 1.165) is 26.2 Å². The summed E-state index contributed by atoms with van der Waals surface area (Å²) in [5, 5.41) is 3.51. The van der Waals surface area contributed by atoms with Crippen LogP contribution in [0.1, 0.15) is 10.4 Å². The number of hydrogen-bond donors (Lipinski definition) is 1. The number of carbonyl (C=O) groups excluding carboxylic acids is 1. The Morgan fingerprint density at radius 2 is 1.52 bits per heavy atom. The van der Waals surface area contributed by atoms with Gasteiger partial charge >= 0.3 is 0 Å². The highest BCUT2D eigenvalue weighted by molar-refractivity contribution is 9.10. The molecule has 27 heavy (non-hydrogen) atoms. The molecule has 0 aliphatic rings. The van der Waals surface area contributed by atoms with Gasteiger partial charge in [-0.25, -0.2) is 4.98 Å². The number of aromatic nitrogens is 1. The van der Waals surface area contributed by atoms with E-state index >= 15 is 0 Å². The summed E-state index contributed by atoms with van der Waals surface area (Å²) in [6, 6.07) is 27.4. The Kier molecular flexibility index (Phi) is 5.14. The van der Waals surface area contributed by atoms with E-state index in [1.807, 2.05) is 60.7 Å². The van der Waals surface area contributed by atoms with Crippen molar-refractivity contribution in [3.8, 4) is 21.7 Å². The summed E-state index contributed by atoms with van der Waals surface area (Å²) in [7, 11) is 0. The van der Waals surface area contributed by atoms with Gasteiger partial charge in [-0.3, -0.25) is 10.1 Å². The molecule has 0 saturated carbocycles. The van der Waals surface area contributed by atoms with Gasteiger partial charge in [0.05, 0.1) is 10.6 Å². The molecule has 0 fully saturated rings. The maximum absolute atomic E-state index is 12.6. The molecule has 1 heterocycles. The summed E-state index contributed by atoms with van der Waals surface area (Å²) >= 11 is 4.88. The van der Waals surface area contributed by atoms with Crippen LogP contribution in [0.4, 0.5) is 5.13 Å². The van der Waals surface area contributed by atoms with Gasteiger partial charge in [-0.05, 0) is 23.8 Å². The van der Waals surface area contributed by atoms with Gasteiger partial charge in [0.25, 0.3) is 5.91 Å². The average molecular weight is 435 g/mol. The molecule has 0 unspecified atom stereocenters. The standard InChI is InChI=1S/C22H15BrN2OS/c23-18-13-7-12-17(14-18)21(26)25-22-24-19(15-8-3-1-4-9-15)20(27-22)16-10-5-2-6-11-16/h1-14H,(H,24,25,26). The molecule has 1 amide bonds. The van der Waals surface area contributed by atoms with E-state index in [1.165, 1.54) is 11.3 Å². The first-order chi connectivity index (χ1) is 13.2. The van der Waals surface area contributed by atoms with Crippen molar-refractivity contribution >= 4 is 38.3 Å². The van der Waals surface area contributed by atoms with Crippen LogP contribution in [0.3, 0.4) is 0 Å². The van der Waals surface area contributed by atoms with Crippen LogP contribution in [0.15, 0.2) is 89.4 Å². The second-order valence-electron chi connectivity index (χ2n) is 5.89. The first kappa shape index (κ1) is 17.6. The van der Waals surface area contributed by atoms with Crippen LogP contribution in [-0.4, -0.2) is 10.9 Å². The Balaban J connectivity index is 1.72. The van der Waals surface area contributed by atoms with Crippen molar-refractivity contribution in [2.24, 2.45) is 0 Å². The van der Waals surface area contributed by atoms with E-state index in [2.05, 4.69) is 33.4 Å². The monoisotopic (exact) mass is 434 g/mol. The first-order valence-electron chi connectivity index (χ1n) is 8.39. The van der Waals surface area contributed by atoms with Crippen LogP contribution >= 0.6 is 27.3 Å². The lowest BCUT2D eigenvalue weighted by atomic mass is 10.1. The molecule has 0 radical (unpaired) electrons. The fraction of sp³-hybridized carbons (Fsp3) is 0. The molecule has 0 aliphatic heterocycles. The molecule has 4 aromatic rings. The van der Waals surface area contributed by atoms with Crippen LogP contribution in [0.2, 0.25) is 0 Å². The SMILES string of the molecule is O=C(Nc1nc(-c2ccccc2)c(-c2ccccc2)s1)c1cccc(Br)c1. The van der Waals surface area contributed by atoms with E-state index in [1.54, 1.807) is 12.1 Å². The first-order valence-corrected chi connectivity index (χ1v) is 10.0. The topological polar surface area (TPSA) is 42.0 Å². The summed E-state index contributed by atoms with van der Waals surface area (Å²) < 4.78 is 0.865. The van der Waals surface area contributed by atoms with Crippen LogP contribution in [0.5, 0.6) is 0 Å². The summed E-state index contributed by atoms with van der Waals surface area (Å²) in [5.74, 6) is -0.177. The number of halogens is 1. The van der Waals surface area contributed by atoms with Crippen molar-refractivity contribution in [1.82, 2.24) is 4.98 Å². The summed E-state index contributed by atoms with van der Waals surface area (Å²) in [5.41, 5.74) is 3.56. The zero-order valence-corrected chi connectivity index (χ0v) is 16.6. The third-order valence-corrected chi connectivity index (χ3v) is 5.53. The van der Waals surface area contributed by atoms with Gasteiger partial charge in [0.2, 0.25) is 0 Å². The number of rotatable bonds is 4. The fourth-order valence-corrected chi connectivity index (χ4v) is 4.14. The zero-order valence-electron chi connectivity index (χ0n) is 14.2. The second-order valence-corrected chi connectivity index (χ2v) is 7.81. The summed E-state index contributed by atoms with van der Waals surface area (Å²) in [6.07, 6.45) is 0. The number of amides is 1. The number of hydrogen-bond acceptors (Lipinski definition) is 3. The van der Waals surface area contributed by atoms with E-state index in [4.69, 9.17) is 4.98 Å². The van der Waals surface area contributed by atoms with Gasteiger partial charge in [0.1, 0.15) is 0 Å². The molecule has 3 aromatic carbocycles. The minimum atomic E-state index is -0.177. The van der Waals surface area contributed by atoms with Crippen molar-refractivity contribution in [2.45, 2.75) is 0 Å². The van der Waals surface area contributed by atoms with Crippen molar-refractivity contribution in [3.63, 3.8) is 0 Å². The zero-order chi connectivity index (χ0) is 18.6. The van der Waals surface area contributed by atoms with Gasteiger partial charge in [0.15, 0.2) is 5.13 Å². The van der Waals surface area contributed by atoms with Crippen molar-refractivity contribution in [2.75, 3.05) is 5.32 Å². The average Bonchev–Trinajstić information content (AvgIpc) is 3.13. The third kappa shape index (κ3) is 3.99. The predicted molar refractivity (Wildman–Crippen MR) is 115 cm³/mol. The molecule has 1 N–H and O–H groups in total. The lowest BCUT2D eigenvalue weighted by Gasteiger charge is -2.02. The number of nitrogens with zero attached hydrogens (tertiary/aromatic N) is 1. The van der Waals surface area contributed by atoms with Crippen LogP contribution < -0.4 is 5.32 Å². The molecular weight excluding hydrogens is 420 g/mol. The molecular formula is C22H15BrN2OS. The van der Waals surface area contributed by atoms with Gasteiger partial charge in [0, 0.05) is 15.6 Å². The molecule has 0 bridgehead atoms. The number of nitrogens with one attached hydrogen (secondary N) is 1. The molecule has 0 spiro atoms. The second kappa shape index (κ2) is 7.86. The molecule has 0 atom stereocenters. The number of anilines is 1. The van der Waals surface area contributed by atoms with Crippen LogP contribution in [0, 0.1) is 0 Å². The Bertz CT molecular complexity index is 1020. The highest BCUT2D eigenvalue weighted by Crippen LogP contribution is 2.39. The van der Waals surface area contributed by atoms with Crippen molar-refractivity contribution in [1.29, 1.82) is 0 Å². The Morgan fingerprint density at radius 3 is 2.19 bits per heavy atom. The van der Waals surface area contributed by atoms with Gasteiger partial charge in [-0.2, -0.15) is 0 Å². The highest BCUT2D eigenvalue weighted by atomic mass is 79.9. The smallest absolute Gasteiger partial charge is 0.257 e. The third-order valence-electron chi connectivity index (χ3n) is 4.02. The van der Waals surface area contributed by atoms with E-state index in [-0.39, 0.29) is 5.91 Å². The molecule has 132 valence electrons. The minimum Gasteiger partial charge on any atom is -0.298 e. The normalized spacial score (nSPS) is 10.6. The molecule has 4 rings (SSSR count). The largest absolute Gasteiger partial charge is 0.298 e. The molecule has 3 nitrogen and oxygen atoms in total. The molecule has 1 aromatic heterocycles. The maximum Gasteiger partial charge on any atom is 0.257 e. The molecule has 5 heteroatoms. The predicted octanol–water partition coefficient (Wildman–Crippen LogP) is 6.49. The lowest BCUT2D eigenvalue weighted by molar-refractivity contribution is 0.102. The Hall–Kier alpha value is -2.76. The molecule has 0 saturated heterocycles. The summed E-state index contributed by atoms with van der Waals surface area (Å²) in [6.45, 7) is 0. The van der Waals surface area contributed by atoms with Gasteiger partial charge in [-0.15, -0.1) is 0 Å². The quantitative estimate of drug-likeness (QED) is 0.398. The van der Waals surface area contributed by atoms with E-state index < -0.39 is 0 Å². The van der Waals surface area contributed by atoms with Gasteiger partial charge in [-0.1, -0.05) is 94.0 Å². The lowest BCUT2D eigenvalue weighted by Crippen LogP contribution is -2.11. The Morgan fingerprint density at radius 1 is 0.852 bits per heavy atom. The van der Waals surface area contributed by atoms with Crippen molar-refractivity contribution in [3.05, 3.63) is 95.0 Å². The van der Waals surface area contributed by atoms with Crippen LogP contribution in [-0.2, 0) is 0 Å². The maximum atomic E-state index is 12.6. The van der Waals surface area contributed by atoms with Crippen LogP contribution in [0.25, 0.3) is 21.7 Å². The number of thiazole rings is 1. The van der Waals surface area contributed by atoms with E-state index in [0.29, 0.717) is 10.7 Å². The summed E-state index contributed by atoms with van der Waals surface area (Å²) in [4.78, 5) is 18.3. The number of carbonyl (C=O) groups is 1. The Labute approximate surface area is 169 Å². The van der Waals surface area contributed by atoms with Gasteiger partial charge < -0.3 is 0 Å². The highest BCUT2D eigenvalue weighted by Gasteiger charge is 2.17. The van der Waals surface area contributed by atoms with Crippen molar-refractivity contribution < 1.29 is 4.79 Å². The number of benzene rings is 3. The van der Waals surface area contributed by atoms with E-state index in [9.17, 15) is 4.79 Å². The molecule has 0 aliphatic carbocycles. The fourth-order valence-electron chi connectivity index (χ4n) is 2.75.